The van der Waals surface area contributed by atoms with Gasteiger partial charge in [0.15, 0.2) is 0 Å². The molecule has 0 aliphatic heterocycles. The molecule has 0 aromatic rings. The third-order valence-corrected chi connectivity index (χ3v) is 3.57. The molecule has 0 rings (SSSR count). The van der Waals surface area contributed by atoms with Gasteiger partial charge in [-0.3, -0.25) is 5.41 Å². The standard InChI is InChI=1S/C11H24N2S/c1-9(2)14-8-6-5-7-11(3,4)10(12)13/h9H,5-8H2,1-4H3,(H3,12,13). The van der Waals surface area contributed by atoms with Crippen molar-refractivity contribution in [2.75, 3.05) is 5.75 Å². The van der Waals surface area contributed by atoms with Crippen molar-refractivity contribution in [2.24, 2.45) is 11.1 Å². The molecule has 2 nitrogen and oxygen atoms in total. The van der Waals surface area contributed by atoms with E-state index in [0.717, 1.165) is 11.7 Å². The molecule has 0 fully saturated rings. The Morgan fingerprint density at radius 3 is 2.36 bits per heavy atom. The van der Waals surface area contributed by atoms with Gasteiger partial charge in [0.2, 0.25) is 0 Å². The summed E-state index contributed by atoms with van der Waals surface area (Å²) in [4.78, 5) is 0. The number of unbranched alkanes of at least 4 members (excludes halogenated alkanes) is 1. The summed E-state index contributed by atoms with van der Waals surface area (Å²) >= 11 is 2.01. The van der Waals surface area contributed by atoms with E-state index in [-0.39, 0.29) is 5.41 Å². The Morgan fingerprint density at radius 2 is 1.93 bits per heavy atom. The summed E-state index contributed by atoms with van der Waals surface area (Å²) < 4.78 is 0. The first kappa shape index (κ1) is 13.8. The van der Waals surface area contributed by atoms with E-state index in [4.69, 9.17) is 11.1 Å². The molecule has 0 spiro atoms. The highest BCUT2D eigenvalue weighted by Crippen LogP contribution is 2.23. The first-order valence-corrected chi connectivity index (χ1v) is 6.37. The summed E-state index contributed by atoms with van der Waals surface area (Å²) in [5.74, 6) is 1.54. The number of nitrogens with two attached hydrogens (primary N) is 1. The average Bonchev–Trinajstić information content (AvgIpc) is 2.02. The van der Waals surface area contributed by atoms with Crippen molar-refractivity contribution < 1.29 is 0 Å². The van der Waals surface area contributed by atoms with Crippen LogP contribution in [0.25, 0.3) is 0 Å². The lowest BCUT2D eigenvalue weighted by Crippen LogP contribution is -2.30. The first-order valence-electron chi connectivity index (χ1n) is 5.32. The van der Waals surface area contributed by atoms with Gasteiger partial charge in [0.1, 0.15) is 0 Å². The molecule has 0 aromatic heterocycles. The van der Waals surface area contributed by atoms with E-state index in [2.05, 4.69) is 13.8 Å². The van der Waals surface area contributed by atoms with Crippen LogP contribution in [-0.2, 0) is 0 Å². The minimum absolute atomic E-state index is 0.109. The molecule has 0 aliphatic rings. The minimum Gasteiger partial charge on any atom is -0.387 e. The van der Waals surface area contributed by atoms with Crippen molar-refractivity contribution in [3.8, 4) is 0 Å². The highest BCUT2D eigenvalue weighted by atomic mass is 32.2. The molecule has 0 radical (unpaired) electrons. The predicted octanol–water partition coefficient (Wildman–Crippen LogP) is 3.26. The monoisotopic (exact) mass is 216 g/mol. The Bertz CT molecular complexity index is 176. The van der Waals surface area contributed by atoms with Gasteiger partial charge in [-0.1, -0.05) is 34.1 Å². The summed E-state index contributed by atoms with van der Waals surface area (Å²) in [5.41, 5.74) is 5.40. The molecule has 0 heterocycles. The quantitative estimate of drug-likeness (QED) is 0.390. The van der Waals surface area contributed by atoms with E-state index < -0.39 is 0 Å². The van der Waals surface area contributed by atoms with E-state index in [1.54, 1.807) is 0 Å². The van der Waals surface area contributed by atoms with Crippen LogP contribution in [0, 0.1) is 10.8 Å². The molecule has 3 N–H and O–H groups in total. The highest BCUT2D eigenvalue weighted by molar-refractivity contribution is 7.99. The number of rotatable bonds is 7. The molecule has 0 aromatic carbocycles. The third-order valence-electron chi connectivity index (χ3n) is 2.38. The van der Waals surface area contributed by atoms with Crippen LogP contribution in [0.1, 0.15) is 47.0 Å². The maximum absolute atomic E-state index is 7.42. The van der Waals surface area contributed by atoms with Crippen molar-refractivity contribution >= 4 is 17.6 Å². The third kappa shape index (κ3) is 6.30. The average molecular weight is 216 g/mol. The Morgan fingerprint density at radius 1 is 1.36 bits per heavy atom. The Hall–Kier alpha value is -0.180. The van der Waals surface area contributed by atoms with E-state index >= 15 is 0 Å². The number of hydrogen-bond donors (Lipinski definition) is 2. The molecule has 14 heavy (non-hydrogen) atoms. The molecule has 0 unspecified atom stereocenters. The number of amidine groups is 1. The summed E-state index contributed by atoms with van der Waals surface area (Å²) in [6.45, 7) is 8.55. The fourth-order valence-corrected chi connectivity index (χ4v) is 1.96. The Balaban J connectivity index is 3.49. The first-order chi connectivity index (χ1) is 6.36. The van der Waals surface area contributed by atoms with Crippen LogP contribution in [0.15, 0.2) is 0 Å². The van der Waals surface area contributed by atoms with Crippen LogP contribution in [0.5, 0.6) is 0 Å². The zero-order valence-corrected chi connectivity index (χ0v) is 10.7. The van der Waals surface area contributed by atoms with Crippen LogP contribution in [0.2, 0.25) is 0 Å². The van der Waals surface area contributed by atoms with E-state index in [1.807, 2.05) is 25.6 Å². The fraction of sp³-hybridized carbons (Fsp3) is 0.909. The number of hydrogen-bond acceptors (Lipinski definition) is 2. The second-order valence-corrected chi connectivity index (χ2v) is 6.36. The summed E-state index contributed by atoms with van der Waals surface area (Å²) in [6.07, 6.45) is 3.44. The second-order valence-electron chi connectivity index (χ2n) is 4.67. The van der Waals surface area contributed by atoms with Gasteiger partial charge in [-0.15, -0.1) is 0 Å². The molecule has 84 valence electrons. The second kappa shape index (κ2) is 6.33. The minimum atomic E-state index is -0.109. The van der Waals surface area contributed by atoms with Crippen LogP contribution < -0.4 is 5.73 Å². The lowest BCUT2D eigenvalue weighted by Gasteiger charge is -2.22. The van der Waals surface area contributed by atoms with E-state index in [9.17, 15) is 0 Å². The van der Waals surface area contributed by atoms with Gasteiger partial charge >= 0.3 is 0 Å². The van der Waals surface area contributed by atoms with Gasteiger partial charge in [0, 0.05) is 5.41 Å². The van der Waals surface area contributed by atoms with Crippen molar-refractivity contribution in [1.29, 1.82) is 5.41 Å². The Labute approximate surface area is 92.5 Å². The van der Waals surface area contributed by atoms with Crippen LogP contribution >= 0.6 is 11.8 Å². The summed E-state index contributed by atoms with van der Waals surface area (Å²) in [5, 5.41) is 8.15. The zero-order chi connectivity index (χ0) is 11.2. The van der Waals surface area contributed by atoms with E-state index in [1.165, 1.54) is 18.6 Å². The normalized spacial score (nSPS) is 12.1. The molecule has 0 atom stereocenters. The maximum Gasteiger partial charge on any atom is 0.0963 e. The van der Waals surface area contributed by atoms with Crippen molar-refractivity contribution in [3.63, 3.8) is 0 Å². The van der Waals surface area contributed by atoms with Crippen molar-refractivity contribution in [2.45, 2.75) is 52.2 Å². The summed E-state index contributed by atoms with van der Waals surface area (Å²) in [6, 6.07) is 0. The van der Waals surface area contributed by atoms with Gasteiger partial charge in [-0.2, -0.15) is 11.8 Å². The Kier molecular flexibility index (Phi) is 6.25. The molecular formula is C11H24N2S. The van der Waals surface area contributed by atoms with Gasteiger partial charge in [0.05, 0.1) is 5.84 Å². The number of nitrogens with one attached hydrogen (secondary N) is 1. The van der Waals surface area contributed by atoms with E-state index in [0.29, 0.717) is 5.84 Å². The molecule has 0 saturated heterocycles. The SMILES string of the molecule is CC(C)SCCCCC(C)(C)C(=N)N. The smallest absolute Gasteiger partial charge is 0.0963 e. The van der Waals surface area contributed by atoms with Crippen LogP contribution in [-0.4, -0.2) is 16.8 Å². The molecule has 0 amide bonds. The molecule has 0 bridgehead atoms. The van der Waals surface area contributed by atoms with Crippen molar-refractivity contribution in [3.05, 3.63) is 0 Å². The van der Waals surface area contributed by atoms with Crippen molar-refractivity contribution in [1.82, 2.24) is 0 Å². The highest BCUT2D eigenvalue weighted by Gasteiger charge is 2.20. The molecule has 0 aliphatic carbocycles. The van der Waals surface area contributed by atoms with Gasteiger partial charge in [-0.25, -0.2) is 0 Å². The van der Waals surface area contributed by atoms with Crippen LogP contribution in [0.3, 0.4) is 0 Å². The zero-order valence-electron chi connectivity index (χ0n) is 9.89. The number of thioether (sulfide) groups is 1. The summed E-state index contributed by atoms with van der Waals surface area (Å²) in [7, 11) is 0. The predicted molar refractivity (Wildman–Crippen MR) is 67.1 cm³/mol. The van der Waals surface area contributed by atoms with Gasteiger partial charge < -0.3 is 5.73 Å². The molecule has 3 heteroatoms. The molecular weight excluding hydrogens is 192 g/mol. The molecule has 0 saturated carbocycles. The fourth-order valence-electron chi connectivity index (χ4n) is 1.12. The van der Waals surface area contributed by atoms with Gasteiger partial charge in [-0.05, 0) is 23.8 Å². The topological polar surface area (TPSA) is 49.9 Å². The largest absolute Gasteiger partial charge is 0.387 e. The van der Waals surface area contributed by atoms with Crippen LogP contribution in [0.4, 0.5) is 0 Å². The lowest BCUT2D eigenvalue weighted by molar-refractivity contribution is 0.448. The van der Waals surface area contributed by atoms with Gasteiger partial charge in [0.25, 0.3) is 0 Å². The maximum atomic E-state index is 7.42. The lowest BCUT2D eigenvalue weighted by atomic mass is 9.86.